The number of hydrogen-bond acceptors (Lipinski definition) is 4. The first-order valence-electron chi connectivity index (χ1n) is 3.02. The second kappa shape index (κ2) is 2.12. The molecular weight excluding hydrogens is 144 g/mol. The molecule has 0 atom stereocenters. The number of aromatic nitrogens is 4. The zero-order valence-corrected chi connectivity index (χ0v) is 5.48. The molecule has 1 N–H and O–H groups in total. The summed E-state index contributed by atoms with van der Waals surface area (Å²) in [5, 5.41) is 0.729. The van der Waals surface area contributed by atoms with Gasteiger partial charge in [-0.05, 0) is 0 Å². The van der Waals surface area contributed by atoms with Crippen molar-refractivity contribution in [3.05, 3.63) is 29.2 Å². The van der Waals surface area contributed by atoms with Crippen LogP contribution < -0.4 is 5.69 Å². The van der Waals surface area contributed by atoms with Crippen molar-refractivity contribution in [3.63, 3.8) is 0 Å². The number of nitrogens with one attached hydrogen (secondary N) is 1. The van der Waals surface area contributed by atoms with Gasteiger partial charge in [0.1, 0.15) is 6.33 Å². The van der Waals surface area contributed by atoms with E-state index in [2.05, 4.69) is 19.9 Å². The lowest BCUT2D eigenvalue weighted by molar-refractivity contribution is 1.07. The third-order valence-corrected chi connectivity index (χ3v) is 1.28. The molecule has 5 heteroatoms. The van der Waals surface area contributed by atoms with E-state index < -0.39 is 5.69 Å². The second-order valence-electron chi connectivity index (χ2n) is 2.01. The molecule has 0 saturated heterocycles. The molecule has 0 radical (unpaired) electrons. The van der Waals surface area contributed by atoms with E-state index in [4.69, 9.17) is 0 Å². The summed E-state index contributed by atoms with van der Waals surface area (Å²) in [6, 6.07) is 0. The fourth-order valence-corrected chi connectivity index (χ4v) is 0.797. The van der Waals surface area contributed by atoms with E-state index in [0.29, 0.717) is 5.65 Å². The number of rotatable bonds is 0. The van der Waals surface area contributed by atoms with Crippen LogP contribution in [0, 0.1) is 0 Å². The first-order valence-corrected chi connectivity index (χ1v) is 3.02. The van der Waals surface area contributed by atoms with Crippen LogP contribution in [-0.2, 0) is 0 Å². The lowest BCUT2D eigenvalue weighted by atomic mass is 10.4. The zero-order valence-electron chi connectivity index (χ0n) is 5.48. The van der Waals surface area contributed by atoms with Crippen molar-refractivity contribution >= 4 is 11.0 Å². The molecule has 2 heterocycles. The number of fused-ring (bicyclic) bond motifs is 1. The molecule has 0 amide bonds. The zero-order chi connectivity index (χ0) is 7.68. The van der Waals surface area contributed by atoms with Crippen LogP contribution in [0.1, 0.15) is 0 Å². The van der Waals surface area contributed by atoms with E-state index in [1.165, 1.54) is 12.5 Å². The monoisotopic (exact) mass is 148 g/mol. The van der Waals surface area contributed by atoms with Gasteiger partial charge in [-0.3, -0.25) is 0 Å². The van der Waals surface area contributed by atoms with E-state index >= 15 is 0 Å². The number of aromatic amines is 1. The van der Waals surface area contributed by atoms with Crippen molar-refractivity contribution in [1.82, 2.24) is 19.9 Å². The van der Waals surface area contributed by atoms with Crippen LogP contribution in [-0.4, -0.2) is 19.9 Å². The first-order chi connectivity index (χ1) is 5.36. The normalized spacial score (nSPS) is 10.2. The van der Waals surface area contributed by atoms with Crippen molar-refractivity contribution < 1.29 is 0 Å². The number of H-pyrrole nitrogens is 1. The average molecular weight is 148 g/mol. The Morgan fingerprint density at radius 2 is 2.36 bits per heavy atom. The Balaban J connectivity index is 2.94. The average Bonchev–Trinajstić information content (AvgIpc) is 2.04. The smallest absolute Gasteiger partial charge is 0.312 e. The van der Waals surface area contributed by atoms with Crippen LogP contribution in [0.4, 0.5) is 0 Å². The molecule has 0 fully saturated rings. The molecule has 2 rings (SSSR count). The van der Waals surface area contributed by atoms with Crippen molar-refractivity contribution in [2.75, 3.05) is 0 Å². The van der Waals surface area contributed by atoms with Crippen LogP contribution in [0.2, 0.25) is 0 Å². The summed E-state index contributed by atoms with van der Waals surface area (Å²) in [7, 11) is 0. The molecule has 2 aromatic heterocycles. The highest BCUT2D eigenvalue weighted by Crippen LogP contribution is 1.98. The fourth-order valence-electron chi connectivity index (χ4n) is 0.797. The van der Waals surface area contributed by atoms with Gasteiger partial charge in [0, 0.05) is 12.4 Å². The highest BCUT2D eigenvalue weighted by molar-refractivity contribution is 5.71. The van der Waals surface area contributed by atoms with Gasteiger partial charge in [0.15, 0.2) is 5.65 Å². The maximum Gasteiger partial charge on any atom is 0.346 e. The van der Waals surface area contributed by atoms with Crippen LogP contribution in [0.3, 0.4) is 0 Å². The standard InChI is InChI=1S/C6H4N4O/c11-6-8-2-4-1-7-3-9-5(4)10-6/h1-3H,(H,7,8,9,10,11). The van der Waals surface area contributed by atoms with Gasteiger partial charge in [-0.1, -0.05) is 0 Å². The summed E-state index contributed by atoms with van der Waals surface area (Å²) in [6.45, 7) is 0. The van der Waals surface area contributed by atoms with E-state index in [9.17, 15) is 4.79 Å². The van der Waals surface area contributed by atoms with Crippen LogP contribution in [0.25, 0.3) is 11.0 Å². The van der Waals surface area contributed by atoms with Crippen molar-refractivity contribution in [2.45, 2.75) is 0 Å². The van der Waals surface area contributed by atoms with Gasteiger partial charge in [0.05, 0.1) is 5.39 Å². The third kappa shape index (κ3) is 0.958. The maximum atomic E-state index is 10.7. The molecule has 0 aliphatic heterocycles. The minimum Gasteiger partial charge on any atom is -0.312 e. The third-order valence-electron chi connectivity index (χ3n) is 1.28. The molecular formula is C6H4N4O. The Bertz CT molecular complexity index is 436. The lowest BCUT2D eigenvalue weighted by Crippen LogP contribution is -2.09. The molecule has 0 unspecified atom stereocenters. The van der Waals surface area contributed by atoms with Crippen molar-refractivity contribution in [2.24, 2.45) is 0 Å². The predicted octanol–water partition coefficient (Wildman–Crippen LogP) is -0.287. The minimum atomic E-state index is -0.392. The molecule has 5 nitrogen and oxygen atoms in total. The first kappa shape index (κ1) is 5.96. The van der Waals surface area contributed by atoms with Crippen molar-refractivity contribution in [1.29, 1.82) is 0 Å². The number of hydrogen-bond donors (Lipinski definition) is 1. The molecule has 0 aromatic carbocycles. The van der Waals surface area contributed by atoms with Crippen LogP contribution in [0.5, 0.6) is 0 Å². The van der Waals surface area contributed by atoms with E-state index in [1.54, 1.807) is 6.20 Å². The summed E-state index contributed by atoms with van der Waals surface area (Å²) in [5.74, 6) is 0. The molecule has 0 spiro atoms. The van der Waals surface area contributed by atoms with E-state index in [0.717, 1.165) is 5.39 Å². The molecule has 0 saturated carbocycles. The van der Waals surface area contributed by atoms with Crippen molar-refractivity contribution in [3.8, 4) is 0 Å². The summed E-state index contributed by atoms with van der Waals surface area (Å²) >= 11 is 0. The van der Waals surface area contributed by atoms with Gasteiger partial charge in [0.2, 0.25) is 0 Å². The SMILES string of the molecule is O=c1nc2ncncc2c[nH]1. The number of nitrogens with zero attached hydrogens (tertiary/aromatic N) is 3. The summed E-state index contributed by atoms with van der Waals surface area (Å²) in [5.41, 5.74) is 0.0277. The van der Waals surface area contributed by atoms with E-state index in [-0.39, 0.29) is 0 Å². The molecule has 0 aliphatic rings. The summed E-state index contributed by atoms with van der Waals surface area (Å²) in [6.07, 6.45) is 4.48. The van der Waals surface area contributed by atoms with Gasteiger partial charge < -0.3 is 4.98 Å². The Hall–Kier alpha value is -1.78. The largest absolute Gasteiger partial charge is 0.346 e. The quantitative estimate of drug-likeness (QED) is 0.557. The fraction of sp³-hybridized carbons (Fsp3) is 0. The van der Waals surface area contributed by atoms with E-state index in [1.807, 2.05) is 0 Å². The topological polar surface area (TPSA) is 71.5 Å². The minimum absolute atomic E-state index is 0.392. The van der Waals surface area contributed by atoms with Crippen LogP contribution in [0.15, 0.2) is 23.5 Å². The summed E-state index contributed by atoms with van der Waals surface area (Å²) < 4.78 is 0. The Labute approximate surface area is 61.2 Å². The van der Waals surface area contributed by atoms with Gasteiger partial charge in [0.25, 0.3) is 0 Å². The van der Waals surface area contributed by atoms with Gasteiger partial charge in [-0.2, -0.15) is 4.98 Å². The van der Waals surface area contributed by atoms with Gasteiger partial charge >= 0.3 is 5.69 Å². The Morgan fingerprint density at radius 3 is 3.27 bits per heavy atom. The summed E-state index contributed by atoms with van der Waals surface area (Å²) in [4.78, 5) is 24.3. The molecule has 2 aromatic rings. The van der Waals surface area contributed by atoms with Gasteiger partial charge in [-0.15, -0.1) is 0 Å². The molecule has 0 aliphatic carbocycles. The Morgan fingerprint density at radius 1 is 1.45 bits per heavy atom. The molecule has 54 valence electrons. The molecule has 0 bridgehead atoms. The Kier molecular flexibility index (Phi) is 1.15. The molecule has 11 heavy (non-hydrogen) atoms. The predicted molar refractivity (Wildman–Crippen MR) is 38.0 cm³/mol. The highest BCUT2D eigenvalue weighted by atomic mass is 16.1. The van der Waals surface area contributed by atoms with Crippen LogP contribution >= 0.6 is 0 Å². The highest BCUT2D eigenvalue weighted by Gasteiger charge is 1.93. The maximum absolute atomic E-state index is 10.7. The second-order valence-corrected chi connectivity index (χ2v) is 2.01. The van der Waals surface area contributed by atoms with Gasteiger partial charge in [-0.25, -0.2) is 14.8 Å². The lowest BCUT2D eigenvalue weighted by Gasteiger charge is -1.89.